The number of amides is 1. The summed E-state index contributed by atoms with van der Waals surface area (Å²) in [5.74, 6) is -0.0787. The number of carbonyl (C=O) groups is 1. The molecule has 1 N–H and O–H groups in total. The number of aryl methyl sites for hydroxylation is 1. The van der Waals surface area contributed by atoms with Crippen molar-refractivity contribution in [2.45, 2.75) is 53.0 Å². The molecule has 0 fully saturated rings. The number of aromatic nitrogens is 4. The van der Waals surface area contributed by atoms with Crippen LogP contribution in [-0.2, 0) is 18.4 Å². The minimum absolute atomic E-state index is 0.0396. The molecule has 8 heteroatoms. The van der Waals surface area contributed by atoms with E-state index in [1.54, 1.807) is 23.6 Å². The van der Waals surface area contributed by atoms with Crippen LogP contribution in [-0.4, -0.2) is 32.4 Å². The van der Waals surface area contributed by atoms with E-state index in [1.807, 2.05) is 18.5 Å². The third-order valence-corrected chi connectivity index (χ3v) is 5.27. The normalized spacial score (nSPS) is 11.7. The second kappa shape index (κ2) is 7.64. The molecule has 0 atom stereocenters. The summed E-state index contributed by atoms with van der Waals surface area (Å²) in [6, 6.07) is 1.65. The van der Waals surface area contributed by atoms with Gasteiger partial charge in [0.2, 0.25) is 5.76 Å². The lowest BCUT2D eigenvalue weighted by Crippen LogP contribution is -2.25. The van der Waals surface area contributed by atoms with Gasteiger partial charge in [0, 0.05) is 47.6 Å². The Balaban J connectivity index is 1.58. The zero-order valence-electron chi connectivity index (χ0n) is 16.4. The highest BCUT2D eigenvalue weighted by atomic mass is 32.1. The molecule has 0 saturated carbocycles. The predicted octanol–water partition coefficient (Wildman–Crippen LogP) is 3.59. The first-order valence-electron chi connectivity index (χ1n) is 9.02. The van der Waals surface area contributed by atoms with Gasteiger partial charge in [-0.05, 0) is 13.8 Å². The summed E-state index contributed by atoms with van der Waals surface area (Å²) >= 11 is 1.62. The molecule has 0 saturated heterocycles. The van der Waals surface area contributed by atoms with Crippen LogP contribution in [0.5, 0.6) is 0 Å². The van der Waals surface area contributed by atoms with E-state index in [1.165, 1.54) is 0 Å². The average Bonchev–Trinajstić information content (AvgIpc) is 3.32. The van der Waals surface area contributed by atoms with Gasteiger partial charge < -0.3 is 9.84 Å². The number of nitrogens with one attached hydrogen (secondary N) is 1. The van der Waals surface area contributed by atoms with Gasteiger partial charge in [0.15, 0.2) is 0 Å². The Bertz CT molecular complexity index is 932. The fourth-order valence-electron chi connectivity index (χ4n) is 2.67. The van der Waals surface area contributed by atoms with Crippen molar-refractivity contribution in [3.05, 3.63) is 39.8 Å². The molecule has 144 valence electrons. The average molecular weight is 388 g/mol. The number of rotatable bonds is 6. The van der Waals surface area contributed by atoms with Crippen LogP contribution in [0.1, 0.15) is 54.6 Å². The summed E-state index contributed by atoms with van der Waals surface area (Å²) in [5.41, 5.74) is 3.61. The first-order valence-corrected chi connectivity index (χ1v) is 9.90. The van der Waals surface area contributed by atoms with Crippen molar-refractivity contribution >= 4 is 17.2 Å². The standard InChI is InChI=1S/C19H25N5O2S/c1-6-24-12(2)13(10-21-24)14-9-15(26-23-14)18(25)20-8-7-17-22-16(11-27-17)19(3,4)5/h9-11H,6-8H2,1-5H3,(H,20,25). The van der Waals surface area contributed by atoms with Crippen LogP contribution in [0.4, 0.5) is 0 Å². The molecule has 3 heterocycles. The van der Waals surface area contributed by atoms with Crippen molar-refractivity contribution in [1.29, 1.82) is 0 Å². The Hall–Kier alpha value is -2.48. The number of hydrogen-bond donors (Lipinski definition) is 1. The summed E-state index contributed by atoms with van der Waals surface area (Å²) in [6.07, 6.45) is 2.43. The van der Waals surface area contributed by atoms with Crippen molar-refractivity contribution in [3.8, 4) is 11.3 Å². The van der Waals surface area contributed by atoms with E-state index in [0.717, 1.165) is 28.5 Å². The fourth-order valence-corrected chi connectivity index (χ4v) is 3.69. The minimum atomic E-state index is -0.276. The summed E-state index contributed by atoms with van der Waals surface area (Å²) in [7, 11) is 0. The van der Waals surface area contributed by atoms with Crippen LogP contribution in [0.15, 0.2) is 22.2 Å². The first kappa shape index (κ1) is 19.3. The number of nitrogens with zero attached hydrogens (tertiary/aromatic N) is 4. The van der Waals surface area contributed by atoms with Crippen molar-refractivity contribution in [2.24, 2.45) is 0 Å². The SMILES string of the molecule is CCn1ncc(-c2cc(C(=O)NCCc3nc(C(C)(C)C)cs3)on2)c1C. The second-order valence-electron chi connectivity index (χ2n) is 7.42. The maximum atomic E-state index is 12.3. The zero-order chi connectivity index (χ0) is 19.6. The predicted molar refractivity (Wildman–Crippen MR) is 105 cm³/mol. The maximum Gasteiger partial charge on any atom is 0.289 e. The van der Waals surface area contributed by atoms with Crippen LogP contribution in [0.25, 0.3) is 11.3 Å². The molecule has 3 rings (SSSR count). The number of carbonyl (C=O) groups excluding carboxylic acids is 1. The first-order chi connectivity index (χ1) is 12.8. The number of hydrogen-bond acceptors (Lipinski definition) is 6. The van der Waals surface area contributed by atoms with Gasteiger partial charge in [0.1, 0.15) is 5.69 Å². The summed E-state index contributed by atoms with van der Waals surface area (Å²) in [5, 5.41) is 14.3. The lowest BCUT2D eigenvalue weighted by molar-refractivity contribution is 0.0917. The highest BCUT2D eigenvalue weighted by Crippen LogP contribution is 2.24. The highest BCUT2D eigenvalue weighted by molar-refractivity contribution is 7.09. The van der Waals surface area contributed by atoms with Crippen LogP contribution in [0.3, 0.4) is 0 Å². The molecule has 0 aromatic carbocycles. The molecule has 0 unspecified atom stereocenters. The lowest BCUT2D eigenvalue weighted by atomic mass is 9.93. The third kappa shape index (κ3) is 4.27. The molecule has 0 aliphatic heterocycles. The Kier molecular flexibility index (Phi) is 5.46. The number of thiazole rings is 1. The van der Waals surface area contributed by atoms with Crippen LogP contribution >= 0.6 is 11.3 Å². The molecule has 3 aromatic heterocycles. The monoisotopic (exact) mass is 387 g/mol. The molecule has 3 aromatic rings. The summed E-state index contributed by atoms with van der Waals surface area (Å²) in [6.45, 7) is 11.7. The van der Waals surface area contributed by atoms with Gasteiger partial charge in [-0.3, -0.25) is 9.48 Å². The third-order valence-electron chi connectivity index (χ3n) is 4.36. The molecule has 7 nitrogen and oxygen atoms in total. The molecule has 1 amide bonds. The topological polar surface area (TPSA) is 85.8 Å². The van der Waals surface area contributed by atoms with Crippen LogP contribution in [0.2, 0.25) is 0 Å². The van der Waals surface area contributed by atoms with Gasteiger partial charge in [-0.25, -0.2) is 4.98 Å². The van der Waals surface area contributed by atoms with Gasteiger partial charge in [-0.1, -0.05) is 25.9 Å². The molecular weight excluding hydrogens is 362 g/mol. The second-order valence-corrected chi connectivity index (χ2v) is 8.36. The van der Waals surface area contributed by atoms with Gasteiger partial charge in [0.25, 0.3) is 5.91 Å². The molecule has 0 aliphatic rings. The van der Waals surface area contributed by atoms with Crippen molar-refractivity contribution in [3.63, 3.8) is 0 Å². The van der Waals surface area contributed by atoms with Crippen LogP contribution < -0.4 is 5.32 Å². The van der Waals surface area contributed by atoms with E-state index in [-0.39, 0.29) is 17.1 Å². The maximum absolute atomic E-state index is 12.3. The van der Waals surface area contributed by atoms with E-state index < -0.39 is 0 Å². The Morgan fingerprint density at radius 3 is 2.78 bits per heavy atom. The smallest absolute Gasteiger partial charge is 0.289 e. The van der Waals surface area contributed by atoms with Gasteiger partial charge >= 0.3 is 0 Å². The van der Waals surface area contributed by atoms with E-state index in [0.29, 0.717) is 18.7 Å². The van der Waals surface area contributed by atoms with Crippen molar-refractivity contribution in [1.82, 2.24) is 25.2 Å². The zero-order valence-corrected chi connectivity index (χ0v) is 17.2. The van der Waals surface area contributed by atoms with E-state index in [9.17, 15) is 4.79 Å². The summed E-state index contributed by atoms with van der Waals surface area (Å²) < 4.78 is 7.10. The molecule has 27 heavy (non-hydrogen) atoms. The van der Waals surface area contributed by atoms with Gasteiger partial charge in [-0.2, -0.15) is 5.10 Å². The molecule has 0 bridgehead atoms. The van der Waals surface area contributed by atoms with E-state index >= 15 is 0 Å². The van der Waals surface area contributed by atoms with Crippen molar-refractivity contribution < 1.29 is 9.32 Å². The highest BCUT2D eigenvalue weighted by Gasteiger charge is 2.19. The summed E-state index contributed by atoms with van der Waals surface area (Å²) in [4.78, 5) is 16.9. The quantitative estimate of drug-likeness (QED) is 0.698. The molecule has 0 radical (unpaired) electrons. The Morgan fingerprint density at radius 1 is 1.37 bits per heavy atom. The van der Waals surface area contributed by atoms with Gasteiger partial charge in [-0.15, -0.1) is 11.3 Å². The fraction of sp³-hybridized carbons (Fsp3) is 0.474. The largest absolute Gasteiger partial charge is 0.350 e. The lowest BCUT2D eigenvalue weighted by Gasteiger charge is -2.14. The van der Waals surface area contributed by atoms with Crippen LogP contribution in [0, 0.1) is 6.92 Å². The van der Waals surface area contributed by atoms with Crippen molar-refractivity contribution in [2.75, 3.05) is 6.54 Å². The molecule has 0 spiro atoms. The Labute approximate surface area is 162 Å². The minimum Gasteiger partial charge on any atom is -0.350 e. The van der Waals surface area contributed by atoms with E-state index in [2.05, 4.69) is 46.7 Å². The molecule has 0 aliphatic carbocycles. The Morgan fingerprint density at radius 2 is 2.15 bits per heavy atom. The molecular formula is C19H25N5O2S. The van der Waals surface area contributed by atoms with E-state index in [4.69, 9.17) is 4.52 Å². The van der Waals surface area contributed by atoms with Gasteiger partial charge in [0.05, 0.1) is 16.9 Å².